The summed E-state index contributed by atoms with van der Waals surface area (Å²) in [6.07, 6.45) is 0. The number of rotatable bonds is 7. The molecule has 2 aliphatic carbocycles. The van der Waals surface area contributed by atoms with Crippen molar-refractivity contribution in [2.24, 2.45) is 0 Å². The van der Waals surface area contributed by atoms with Crippen LogP contribution < -0.4 is 0 Å². The summed E-state index contributed by atoms with van der Waals surface area (Å²) in [5.74, 6) is 0. The summed E-state index contributed by atoms with van der Waals surface area (Å²) in [7, 11) is 0. The first-order chi connectivity index (χ1) is 38.7. The summed E-state index contributed by atoms with van der Waals surface area (Å²) in [6.45, 7) is 0. The average Bonchev–Trinajstić information content (AvgIpc) is 3.51. The summed E-state index contributed by atoms with van der Waals surface area (Å²) in [5.41, 5.74) is 21.9. The summed E-state index contributed by atoms with van der Waals surface area (Å²) in [4.78, 5) is 0. The molecule has 0 N–H and O–H groups in total. The van der Waals surface area contributed by atoms with Crippen molar-refractivity contribution in [1.29, 1.82) is 0 Å². The van der Waals surface area contributed by atoms with Crippen LogP contribution in [0.1, 0.15) is 44.5 Å². The highest BCUT2D eigenvalue weighted by Gasteiger charge is 2.48. The van der Waals surface area contributed by atoms with Crippen molar-refractivity contribution in [3.63, 3.8) is 0 Å². The topological polar surface area (TPSA) is 0 Å². The van der Waals surface area contributed by atoms with Gasteiger partial charge in [0, 0.05) is 0 Å². The molecule has 0 fully saturated rings. The van der Waals surface area contributed by atoms with Crippen molar-refractivity contribution in [3.05, 3.63) is 348 Å². The highest BCUT2D eigenvalue weighted by molar-refractivity contribution is 6.30. The van der Waals surface area contributed by atoms with Crippen LogP contribution in [0.4, 0.5) is 0 Å². The first-order valence-corrected chi connectivity index (χ1v) is 27.3. The lowest BCUT2D eigenvalue weighted by molar-refractivity contribution is 0.769. The van der Waals surface area contributed by atoms with Crippen LogP contribution in [0, 0.1) is 0 Å². The Morgan fingerprint density at radius 2 is 0.397 bits per heavy atom. The van der Waals surface area contributed by atoms with E-state index >= 15 is 0 Å². The summed E-state index contributed by atoms with van der Waals surface area (Å²) >= 11 is 0. The Kier molecular flexibility index (Phi) is 9.87. The highest BCUT2D eigenvalue weighted by atomic mass is 14.5. The van der Waals surface area contributed by atoms with E-state index in [1.165, 1.54) is 143 Å². The standard InChI is InChI=1S/C78H50/c1-5-25-53(26-6-1)77(54-27-7-2-8-28-54)69-43-23-21-33-57(69)59-47-45-51(49-71(59)77)73-61-35-13-17-39-65(61)75(66-40-18-14-36-62(66)73)76-67-41-19-15-37-63(67)74(64-38-16-20-42-68(64)76)52-46-48-60-58-34-22-24-44-70(58)78(72(60)50-52,55-29-9-3-10-30-55)56-31-11-4-12-32-56/h1-50H. The van der Waals surface area contributed by atoms with Gasteiger partial charge in [0.05, 0.1) is 10.8 Å². The van der Waals surface area contributed by atoms with Gasteiger partial charge in [0.15, 0.2) is 0 Å². The first-order valence-electron chi connectivity index (χ1n) is 27.3. The largest absolute Gasteiger partial charge is 0.0713 e. The second-order valence-electron chi connectivity index (χ2n) is 21.3. The van der Waals surface area contributed by atoms with E-state index in [4.69, 9.17) is 0 Å². The zero-order valence-electron chi connectivity index (χ0n) is 42.9. The second kappa shape index (κ2) is 17.3. The van der Waals surface area contributed by atoms with Crippen molar-refractivity contribution >= 4 is 43.1 Å². The Labute approximate surface area is 454 Å². The molecule has 0 saturated heterocycles. The van der Waals surface area contributed by atoms with Crippen LogP contribution in [-0.4, -0.2) is 0 Å². The molecule has 0 unspecified atom stereocenters. The normalized spacial score (nSPS) is 13.6. The zero-order valence-corrected chi connectivity index (χ0v) is 42.9. The van der Waals surface area contributed by atoms with Gasteiger partial charge >= 0.3 is 0 Å². The number of fused-ring (bicyclic) bond motifs is 10. The smallest absolute Gasteiger partial charge is 0.0622 e. The van der Waals surface area contributed by atoms with Crippen LogP contribution in [0.15, 0.2) is 303 Å². The van der Waals surface area contributed by atoms with Gasteiger partial charge in [-0.05, 0) is 155 Å². The fourth-order valence-corrected chi connectivity index (χ4v) is 14.6. The molecule has 0 heteroatoms. The molecular weight excluding hydrogens is 937 g/mol. The Morgan fingerprint density at radius 3 is 0.692 bits per heavy atom. The SMILES string of the molecule is c1ccc(C2(c3ccccc3)c3ccccc3-c3ccc(-c4c5ccccc5c(-c5c6ccccc6c(-c6ccc7c(c6)C(c6ccccc6)(c6ccccc6)c6ccccc6-7)c6ccccc56)c5ccccc45)cc32)cc1. The van der Waals surface area contributed by atoms with E-state index in [1.807, 2.05) is 0 Å². The van der Waals surface area contributed by atoms with Crippen LogP contribution in [0.2, 0.25) is 0 Å². The maximum Gasteiger partial charge on any atom is 0.0713 e. The van der Waals surface area contributed by atoms with Crippen LogP contribution in [-0.2, 0) is 10.8 Å². The molecule has 14 aromatic rings. The third kappa shape index (κ3) is 6.12. The number of hydrogen-bond acceptors (Lipinski definition) is 0. The Morgan fingerprint density at radius 1 is 0.167 bits per heavy atom. The molecular formula is C78H50. The lowest BCUT2D eigenvalue weighted by Gasteiger charge is -2.34. The fraction of sp³-hybridized carbons (Fsp3) is 0.0256. The van der Waals surface area contributed by atoms with E-state index in [-0.39, 0.29) is 0 Å². The van der Waals surface area contributed by atoms with Gasteiger partial charge in [0.25, 0.3) is 0 Å². The zero-order chi connectivity index (χ0) is 51.4. The predicted molar refractivity (Wildman–Crippen MR) is 327 cm³/mol. The molecule has 0 amide bonds. The quantitative estimate of drug-likeness (QED) is 0.140. The Balaban J connectivity index is 0.955. The molecule has 362 valence electrons. The fourth-order valence-electron chi connectivity index (χ4n) is 14.6. The molecule has 0 aromatic heterocycles. The molecule has 0 heterocycles. The molecule has 16 rings (SSSR count). The molecule has 0 radical (unpaired) electrons. The van der Waals surface area contributed by atoms with Crippen molar-refractivity contribution in [1.82, 2.24) is 0 Å². The van der Waals surface area contributed by atoms with E-state index in [2.05, 4.69) is 303 Å². The first kappa shape index (κ1) is 44.4. The van der Waals surface area contributed by atoms with E-state index in [0.717, 1.165) is 0 Å². The van der Waals surface area contributed by atoms with Gasteiger partial charge in [-0.25, -0.2) is 0 Å². The monoisotopic (exact) mass is 986 g/mol. The molecule has 0 atom stereocenters. The van der Waals surface area contributed by atoms with Crippen molar-refractivity contribution in [3.8, 4) is 55.6 Å². The van der Waals surface area contributed by atoms with Crippen LogP contribution in [0.5, 0.6) is 0 Å². The van der Waals surface area contributed by atoms with Gasteiger partial charge in [-0.1, -0.05) is 291 Å². The predicted octanol–water partition coefficient (Wildman–Crippen LogP) is 20.0. The minimum absolute atomic E-state index is 0.511. The van der Waals surface area contributed by atoms with Gasteiger partial charge < -0.3 is 0 Å². The van der Waals surface area contributed by atoms with E-state index in [1.54, 1.807) is 0 Å². The van der Waals surface area contributed by atoms with Gasteiger partial charge in [0.1, 0.15) is 0 Å². The summed E-state index contributed by atoms with van der Waals surface area (Å²) in [6, 6.07) is 114. The lowest BCUT2D eigenvalue weighted by Crippen LogP contribution is -2.28. The molecule has 0 spiro atoms. The van der Waals surface area contributed by atoms with Gasteiger partial charge in [0.2, 0.25) is 0 Å². The number of benzene rings is 14. The minimum atomic E-state index is -0.511. The van der Waals surface area contributed by atoms with Crippen molar-refractivity contribution in [2.45, 2.75) is 10.8 Å². The third-order valence-corrected chi connectivity index (χ3v) is 17.6. The average molecular weight is 987 g/mol. The molecule has 14 aromatic carbocycles. The van der Waals surface area contributed by atoms with Gasteiger partial charge in [-0.3, -0.25) is 0 Å². The molecule has 0 aliphatic heterocycles. The Bertz CT molecular complexity index is 4210. The van der Waals surface area contributed by atoms with Crippen LogP contribution >= 0.6 is 0 Å². The van der Waals surface area contributed by atoms with Gasteiger partial charge in [-0.2, -0.15) is 0 Å². The molecule has 0 nitrogen and oxygen atoms in total. The third-order valence-electron chi connectivity index (χ3n) is 17.6. The maximum absolute atomic E-state index is 2.53. The van der Waals surface area contributed by atoms with Crippen molar-refractivity contribution in [2.75, 3.05) is 0 Å². The van der Waals surface area contributed by atoms with E-state index in [9.17, 15) is 0 Å². The second-order valence-corrected chi connectivity index (χ2v) is 21.3. The van der Waals surface area contributed by atoms with Crippen LogP contribution in [0.25, 0.3) is 98.7 Å². The molecule has 2 aliphatic rings. The van der Waals surface area contributed by atoms with E-state index < -0.39 is 10.8 Å². The lowest BCUT2D eigenvalue weighted by atomic mass is 9.67. The maximum atomic E-state index is 2.53. The summed E-state index contributed by atoms with van der Waals surface area (Å²) < 4.78 is 0. The van der Waals surface area contributed by atoms with E-state index in [0.29, 0.717) is 0 Å². The Hall–Kier alpha value is -9.88. The highest BCUT2D eigenvalue weighted by Crippen LogP contribution is 2.60. The minimum Gasteiger partial charge on any atom is -0.0622 e. The van der Waals surface area contributed by atoms with Crippen molar-refractivity contribution < 1.29 is 0 Å². The van der Waals surface area contributed by atoms with Gasteiger partial charge in [-0.15, -0.1) is 0 Å². The molecule has 0 bridgehead atoms. The molecule has 78 heavy (non-hydrogen) atoms. The molecule has 0 saturated carbocycles. The summed E-state index contributed by atoms with van der Waals surface area (Å²) in [5, 5.41) is 9.89. The number of hydrogen-bond donors (Lipinski definition) is 0. The van der Waals surface area contributed by atoms with Crippen LogP contribution in [0.3, 0.4) is 0 Å².